The van der Waals surface area contributed by atoms with Gasteiger partial charge in [-0.05, 0) is 48.5 Å². The Morgan fingerprint density at radius 1 is 1.04 bits per heavy atom. The first-order chi connectivity index (χ1) is 9.71. The van der Waals surface area contributed by atoms with Gasteiger partial charge in [0, 0.05) is 0 Å². The summed E-state index contributed by atoms with van der Waals surface area (Å²) in [5.74, 6) is -0.541. The number of carbonyl (C=O) groups excluding carboxylic acids is 2. The first kappa shape index (κ1) is 23.7. The van der Waals surface area contributed by atoms with E-state index in [1.54, 1.807) is 41.5 Å². The van der Waals surface area contributed by atoms with Crippen LogP contribution in [0.15, 0.2) is 4.99 Å². The van der Waals surface area contributed by atoms with Crippen LogP contribution in [0.2, 0.25) is 0 Å². The lowest BCUT2D eigenvalue weighted by Crippen LogP contribution is -2.48. The Balaban J connectivity index is 0. The number of aliphatic imine (C=N–C) groups is 1. The van der Waals surface area contributed by atoms with Gasteiger partial charge in [-0.1, -0.05) is 0 Å². The third kappa shape index (κ3) is 11.6. The number of carbonyl (C=O) groups is 2. The quantitative estimate of drug-likeness (QED) is 0.336. The fraction of sp³-hybridized carbons (Fsp3) is 0.769. The molecule has 0 bridgehead atoms. The van der Waals surface area contributed by atoms with Crippen LogP contribution in [0.1, 0.15) is 48.5 Å². The van der Waals surface area contributed by atoms with E-state index < -0.39 is 35.6 Å². The minimum atomic E-state index is -0.966. The molecule has 136 valence electrons. The maximum Gasteiger partial charge on any atom is 0.442 e. The molecule has 23 heavy (non-hydrogen) atoms. The molecule has 0 aromatic carbocycles. The van der Waals surface area contributed by atoms with Crippen molar-refractivity contribution >= 4 is 30.6 Å². The second kappa shape index (κ2) is 8.90. The van der Waals surface area contributed by atoms with Gasteiger partial charge in [0.05, 0.1) is 0 Å². The summed E-state index contributed by atoms with van der Waals surface area (Å²) >= 11 is 0. The molecule has 0 fully saturated rings. The molecule has 0 aromatic heterocycles. The molecule has 0 aliphatic heterocycles. The van der Waals surface area contributed by atoms with Crippen molar-refractivity contribution in [2.75, 3.05) is 0 Å². The van der Waals surface area contributed by atoms with Gasteiger partial charge in [-0.2, -0.15) is 0 Å². The molecule has 0 rings (SSSR count). The van der Waals surface area contributed by atoms with Crippen molar-refractivity contribution in [2.45, 2.75) is 65.9 Å². The van der Waals surface area contributed by atoms with Gasteiger partial charge in [-0.3, -0.25) is 0 Å². The lowest BCUT2D eigenvalue weighted by atomic mass is 10.2. The number of hydroxylamine groups is 2. The van der Waals surface area contributed by atoms with Crippen LogP contribution in [0, 0.1) is 0 Å². The molecule has 0 aliphatic rings. The second-order valence-corrected chi connectivity index (χ2v) is 6.54. The number of hydrogen-bond donors (Lipinski definition) is 2. The van der Waals surface area contributed by atoms with Crippen molar-refractivity contribution in [3.05, 3.63) is 0 Å². The molecule has 0 aliphatic carbocycles. The highest BCUT2D eigenvalue weighted by atomic mass is 35.5. The van der Waals surface area contributed by atoms with Crippen molar-refractivity contribution in [1.29, 1.82) is 0 Å². The van der Waals surface area contributed by atoms with E-state index in [1.807, 2.05) is 0 Å². The Bertz CT molecular complexity index is 441. The zero-order valence-electron chi connectivity index (χ0n) is 14.6. The molecule has 2 amide bonds. The van der Waals surface area contributed by atoms with Crippen LogP contribution in [0.4, 0.5) is 9.59 Å². The fourth-order valence-electron chi connectivity index (χ4n) is 1.08. The largest absolute Gasteiger partial charge is 0.442 e. The Morgan fingerprint density at radius 3 is 1.83 bits per heavy atom. The third-order valence-electron chi connectivity index (χ3n) is 1.64. The average Bonchev–Trinajstić information content (AvgIpc) is 2.19. The summed E-state index contributed by atoms with van der Waals surface area (Å²) in [6.45, 7) is 11.5. The van der Waals surface area contributed by atoms with Gasteiger partial charge in [0.15, 0.2) is 0 Å². The van der Waals surface area contributed by atoms with E-state index in [1.165, 1.54) is 6.92 Å². The molecule has 0 heterocycles. The fourth-order valence-corrected chi connectivity index (χ4v) is 1.08. The third-order valence-corrected chi connectivity index (χ3v) is 1.64. The molecule has 4 N–H and O–H groups in total. The molecule has 0 saturated carbocycles. The summed E-state index contributed by atoms with van der Waals surface area (Å²) in [7, 11) is 0. The van der Waals surface area contributed by atoms with E-state index in [2.05, 4.69) is 4.99 Å². The predicted octanol–water partition coefficient (Wildman–Crippen LogP) is 2.13. The van der Waals surface area contributed by atoms with Gasteiger partial charge in [-0.15, -0.1) is 22.5 Å². The SMILES string of the molecule is CC(N)ON(C(=O)OC(C)(C)C)/C(N)=N/C(=O)OC(C)(C)C.Cl. The van der Waals surface area contributed by atoms with Crippen molar-refractivity contribution in [3.63, 3.8) is 0 Å². The summed E-state index contributed by atoms with van der Waals surface area (Å²) in [4.78, 5) is 32.1. The Labute approximate surface area is 142 Å². The van der Waals surface area contributed by atoms with Gasteiger partial charge in [0.2, 0.25) is 5.96 Å². The van der Waals surface area contributed by atoms with E-state index in [0.29, 0.717) is 5.06 Å². The van der Waals surface area contributed by atoms with Crippen molar-refractivity contribution in [3.8, 4) is 0 Å². The monoisotopic (exact) mass is 354 g/mol. The van der Waals surface area contributed by atoms with E-state index in [4.69, 9.17) is 25.8 Å². The van der Waals surface area contributed by atoms with Crippen LogP contribution in [-0.2, 0) is 14.3 Å². The number of halogens is 1. The van der Waals surface area contributed by atoms with Gasteiger partial charge >= 0.3 is 12.2 Å². The molecule has 10 heteroatoms. The van der Waals surface area contributed by atoms with Gasteiger partial charge in [-0.25, -0.2) is 14.4 Å². The lowest BCUT2D eigenvalue weighted by Gasteiger charge is -2.26. The Morgan fingerprint density at radius 2 is 1.48 bits per heavy atom. The normalized spacial score (nSPS) is 13.7. The Kier molecular flexibility index (Phi) is 9.16. The van der Waals surface area contributed by atoms with Crippen molar-refractivity contribution < 1.29 is 23.9 Å². The smallest absolute Gasteiger partial charge is 0.442 e. The summed E-state index contributed by atoms with van der Waals surface area (Å²) in [6.07, 6.45) is -2.79. The van der Waals surface area contributed by atoms with Crippen LogP contribution in [-0.4, -0.2) is 40.6 Å². The molecule has 0 spiro atoms. The van der Waals surface area contributed by atoms with E-state index in [-0.39, 0.29) is 12.4 Å². The number of nitrogens with zero attached hydrogens (tertiary/aromatic N) is 2. The number of ether oxygens (including phenoxy) is 2. The lowest BCUT2D eigenvalue weighted by molar-refractivity contribution is -0.131. The molecule has 0 saturated heterocycles. The number of guanidine groups is 1. The molecular formula is C13H27ClN4O5. The highest BCUT2D eigenvalue weighted by Gasteiger charge is 2.28. The van der Waals surface area contributed by atoms with Crippen LogP contribution < -0.4 is 11.5 Å². The first-order valence-electron chi connectivity index (χ1n) is 6.74. The highest BCUT2D eigenvalue weighted by Crippen LogP contribution is 2.12. The zero-order chi connectivity index (χ0) is 17.7. The van der Waals surface area contributed by atoms with E-state index in [0.717, 1.165) is 0 Å². The summed E-state index contributed by atoms with van der Waals surface area (Å²) in [5, 5.41) is 0.514. The molecule has 9 nitrogen and oxygen atoms in total. The maximum atomic E-state index is 12.0. The second-order valence-electron chi connectivity index (χ2n) is 6.54. The summed E-state index contributed by atoms with van der Waals surface area (Å²) in [5.41, 5.74) is 9.53. The Hall–Kier alpha value is -1.58. The minimum Gasteiger partial charge on any atom is -0.442 e. The van der Waals surface area contributed by atoms with Crippen molar-refractivity contribution in [2.24, 2.45) is 16.5 Å². The number of nitrogens with two attached hydrogens (primary N) is 2. The van der Waals surface area contributed by atoms with Gasteiger partial charge in [0.25, 0.3) is 0 Å². The predicted molar refractivity (Wildman–Crippen MR) is 87.9 cm³/mol. The van der Waals surface area contributed by atoms with Crippen LogP contribution >= 0.6 is 12.4 Å². The summed E-state index contributed by atoms with van der Waals surface area (Å²) < 4.78 is 10.1. The highest BCUT2D eigenvalue weighted by molar-refractivity contribution is 5.97. The number of rotatable bonds is 2. The molecule has 1 atom stereocenters. The first-order valence-corrected chi connectivity index (χ1v) is 6.74. The minimum absolute atomic E-state index is 0. The molecule has 0 aromatic rings. The summed E-state index contributed by atoms with van der Waals surface area (Å²) in [6, 6.07) is 0. The molecule has 0 radical (unpaired) electrons. The van der Waals surface area contributed by atoms with Crippen LogP contribution in [0.5, 0.6) is 0 Å². The number of hydrogen-bond acceptors (Lipinski definition) is 6. The van der Waals surface area contributed by atoms with Gasteiger partial charge < -0.3 is 20.9 Å². The number of amides is 2. The van der Waals surface area contributed by atoms with E-state index in [9.17, 15) is 9.59 Å². The van der Waals surface area contributed by atoms with Crippen molar-refractivity contribution in [1.82, 2.24) is 5.06 Å². The zero-order valence-corrected chi connectivity index (χ0v) is 15.4. The van der Waals surface area contributed by atoms with Gasteiger partial charge in [0.1, 0.15) is 17.4 Å². The van der Waals surface area contributed by atoms with Crippen LogP contribution in [0.3, 0.4) is 0 Å². The van der Waals surface area contributed by atoms with Crippen LogP contribution in [0.25, 0.3) is 0 Å². The standard InChI is InChI=1S/C13H26N4O5.ClH/c1-8(14)22-17(11(19)21-13(5,6)7)9(15)16-10(18)20-12(2,3)4;/h8H,14H2,1-7H3,(H2,15,16,18);1H. The maximum absolute atomic E-state index is 12.0. The van der Waals surface area contributed by atoms with E-state index >= 15 is 0 Å². The molecule has 1 unspecified atom stereocenters. The molecular weight excluding hydrogens is 328 g/mol. The topological polar surface area (TPSA) is 129 Å². The average molecular weight is 355 g/mol.